The van der Waals surface area contributed by atoms with Crippen LogP contribution in [0.1, 0.15) is 18.4 Å². The van der Waals surface area contributed by atoms with Crippen LogP contribution < -0.4 is 5.73 Å². The van der Waals surface area contributed by atoms with Gasteiger partial charge in [0.15, 0.2) is 0 Å². The van der Waals surface area contributed by atoms with Crippen molar-refractivity contribution in [3.05, 3.63) is 22.4 Å². The average Bonchev–Trinajstić information content (AvgIpc) is 2.55. The molecule has 1 nitrogen and oxygen atoms in total. The van der Waals surface area contributed by atoms with Gasteiger partial charge in [-0.25, -0.2) is 0 Å². The van der Waals surface area contributed by atoms with E-state index in [0.29, 0.717) is 6.04 Å². The maximum absolute atomic E-state index is 5.71. The van der Waals surface area contributed by atoms with E-state index in [4.69, 9.17) is 5.73 Å². The topological polar surface area (TPSA) is 26.0 Å². The third-order valence-corrected chi connectivity index (χ3v) is 3.09. The molecule has 11 heavy (non-hydrogen) atoms. The van der Waals surface area contributed by atoms with Gasteiger partial charge < -0.3 is 5.73 Å². The Hall–Kier alpha value is -0.340. The summed E-state index contributed by atoms with van der Waals surface area (Å²) < 4.78 is 0. The fraction of sp³-hybridized carbons (Fsp3) is 0.556. The van der Waals surface area contributed by atoms with E-state index in [2.05, 4.69) is 16.8 Å². The smallest absolute Gasteiger partial charge is 0.00710 e. The lowest BCUT2D eigenvalue weighted by molar-refractivity contribution is 0.700. The Morgan fingerprint density at radius 2 is 2.45 bits per heavy atom. The standard InChI is InChI=1S/C9H13NS/c10-9-5-8(9)2-1-7-3-4-11-6-7/h3-4,6,8-9H,1-2,5,10H2/t8-,9-/m1/s1. The first-order valence-electron chi connectivity index (χ1n) is 4.13. The number of hydrogen-bond acceptors (Lipinski definition) is 2. The van der Waals surface area contributed by atoms with E-state index >= 15 is 0 Å². The van der Waals surface area contributed by atoms with Crippen LogP contribution in [0.3, 0.4) is 0 Å². The van der Waals surface area contributed by atoms with Crippen molar-refractivity contribution >= 4 is 11.3 Å². The van der Waals surface area contributed by atoms with Crippen LogP contribution in [0.5, 0.6) is 0 Å². The van der Waals surface area contributed by atoms with Gasteiger partial charge in [0.25, 0.3) is 0 Å². The number of hydrogen-bond donors (Lipinski definition) is 1. The monoisotopic (exact) mass is 167 g/mol. The van der Waals surface area contributed by atoms with Crippen LogP contribution in [0.25, 0.3) is 0 Å². The van der Waals surface area contributed by atoms with Crippen LogP contribution in [0.15, 0.2) is 16.8 Å². The van der Waals surface area contributed by atoms with Crippen LogP contribution in [0.4, 0.5) is 0 Å². The van der Waals surface area contributed by atoms with Crippen molar-refractivity contribution in [3.63, 3.8) is 0 Å². The maximum atomic E-state index is 5.71. The molecular weight excluding hydrogens is 154 g/mol. The van der Waals surface area contributed by atoms with Crippen molar-refractivity contribution in [2.45, 2.75) is 25.3 Å². The lowest BCUT2D eigenvalue weighted by Gasteiger charge is -1.94. The maximum Gasteiger partial charge on any atom is 0.00710 e. The summed E-state index contributed by atoms with van der Waals surface area (Å²) in [5, 5.41) is 4.37. The van der Waals surface area contributed by atoms with Crippen molar-refractivity contribution in [2.75, 3.05) is 0 Å². The molecule has 0 radical (unpaired) electrons. The van der Waals surface area contributed by atoms with Gasteiger partial charge in [0.2, 0.25) is 0 Å². The molecular formula is C9H13NS. The predicted molar refractivity (Wildman–Crippen MR) is 48.7 cm³/mol. The van der Waals surface area contributed by atoms with E-state index < -0.39 is 0 Å². The first-order valence-corrected chi connectivity index (χ1v) is 5.07. The van der Waals surface area contributed by atoms with Crippen LogP contribution >= 0.6 is 11.3 Å². The van der Waals surface area contributed by atoms with Gasteiger partial charge in [0.05, 0.1) is 0 Å². The van der Waals surface area contributed by atoms with Gasteiger partial charge in [-0.05, 0) is 47.6 Å². The molecule has 1 heterocycles. The molecule has 1 saturated carbocycles. The Kier molecular flexibility index (Phi) is 1.96. The highest BCUT2D eigenvalue weighted by Crippen LogP contribution is 2.32. The summed E-state index contributed by atoms with van der Waals surface area (Å²) in [7, 11) is 0. The molecule has 1 aliphatic carbocycles. The molecule has 1 aromatic rings. The van der Waals surface area contributed by atoms with Crippen molar-refractivity contribution in [1.29, 1.82) is 0 Å². The van der Waals surface area contributed by atoms with E-state index in [-0.39, 0.29) is 0 Å². The summed E-state index contributed by atoms with van der Waals surface area (Å²) in [4.78, 5) is 0. The third-order valence-electron chi connectivity index (χ3n) is 2.36. The Balaban J connectivity index is 1.75. The van der Waals surface area contributed by atoms with Crippen molar-refractivity contribution in [2.24, 2.45) is 11.7 Å². The minimum absolute atomic E-state index is 0.522. The van der Waals surface area contributed by atoms with Crippen molar-refractivity contribution in [1.82, 2.24) is 0 Å². The summed E-state index contributed by atoms with van der Waals surface area (Å²) in [6.07, 6.45) is 3.77. The highest BCUT2D eigenvalue weighted by Gasteiger charge is 2.32. The fourth-order valence-electron chi connectivity index (χ4n) is 1.39. The predicted octanol–water partition coefficient (Wildman–Crippen LogP) is 2.03. The van der Waals surface area contributed by atoms with E-state index in [1.54, 1.807) is 11.3 Å². The molecule has 0 amide bonds. The number of thiophene rings is 1. The van der Waals surface area contributed by atoms with E-state index in [1.807, 2.05) is 0 Å². The van der Waals surface area contributed by atoms with Gasteiger partial charge in [-0.3, -0.25) is 0 Å². The largest absolute Gasteiger partial charge is 0.327 e. The quantitative estimate of drug-likeness (QED) is 0.732. The molecule has 0 aliphatic heterocycles. The first-order chi connectivity index (χ1) is 5.36. The summed E-state index contributed by atoms with van der Waals surface area (Å²) in [5.74, 6) is 0.829. The normalized spacial score (nSPS) is 28.8. The third kappa shape index (κ3) is 1.82. The number of nitrogens with two attached hydrogens (primary N) is 1. The van der Waals surface area contributed by atoms with Gasteiger partial charge in [-0.2, -0.15) is 11.3 Å². The lowest BCUT2D eigenvalue weighted by Crippen LogP contribution is -2.02. The molecule has 2 rings (SSSR count). The van der Waals surface area contributed by atoms with Crippen molar-refractivity contribution < 1.29 is 0 Å². The van der Waals surface area contributed by atoms with Crippen molar-refractivity contribution in [3.8, 4) is 0 Å². The van der Waals surface area contributed by atoms with Crippen LogP contribution in [0, 0.1) is 5.92 Å². The second-order valence-corrected chi connectivity index (χ2v) is 4.11. The molecule has 1 aliphatic rings. The van der Waals surface area contributed by atoms with Gasteiger partial charge in [-0.1, -0.05) is 0 Å². The second-order valence-electron chi connectivity index (χ2n) is 3.33. The number of aryl methyl sites for hydroxylation is 1. The molecule has 0 spiro atoms. The van der Waals surface area contributed by atoms with Gasteiger partial charge in [-0.15, -0.1) is 0 Å². The Labute approximate surface area is 71.2 Å². The van der Waals surface area contributed by atoms with Crippen LogP contribution in [-0.4, -0.2) is 6.04 Å². The van der Waals surface area contributed by atoms with E-state index in [1.165, 1.54) is 24.8 Å². The van der Waals surface area contributed by atoms with Crippen LogP contribution in [-0.2, 0) is 6.42 Å². The molecule has 0 unspecified atom stereocenters. The second kappa shape index (κ2) is 2.95. The molecule has 0 aromatic carbocycles. The molecule has 1 fully saturated rings. The summed E-state index contributed by atoms with van der Waals surface area (Å²) in [6, 6.07) is 2.73. The summed E-state index contributed by atoms with van der Waals surface area (Å²) >= 11 is 1.78. The molecule has 2 heteroatoms. The minimum atomic E-state index is 0.522. The van der Waals surface area contributed by atoms with Gasteiger partial charge >= 0.3 is 0 Å². The van der Waals surface area contributed by atoms with Gasteiger partial charge in [0.1, 0.15) is 0 Å². The molecule has 2 N–H and O–H groups in total. The molecule has 1 aromatic heterocycles. The molecule has 60 valence electrons. The molecule has 0 saturated heterocycles. The Bertz CT molecular complexity index is 217. The highest BCUT2D eigenvalue weighted by molar-refractivity contribution is 7.07. The Morgan fingerprint density at radius 3 is 3.00 bits per heavy atom. The fourth-order valence-corrected chi connectivity index (χ4v) is 2.09. The molecule has 2 atom stereocenters. The summed E-state index contributed by atoms with van der Waals surface area (Å²) in [5.41, 5.74) is 7.19. The summed E-state index contributed by atoms with van der Waals surface area (Å²) in [6.45, 7) is 0. The zero-order valence-electron chi connectivity index (χ0n) is 6.49. The Morgan fingerprint density at radius 1 is 1.64 bits per heavy atom. The zero-order valence-corrected chi connectivity index (χ0v) is 7.31. The van der Waals surface area contributed by atoms with E-state index in [9.17, 15) is 0 Å². The van der Waals surface area contributed by atoms with E-state index in [0.717, 1.165) is 5.92 Å². The zero-order chi connectivity index (χ0) is 7.68. The van der Waals surface area contributed by atoms with Crippen LogP contribution in [0.2, 0.25) is 0 Å². The minimum Gasteiger partial charge on any atom is -0.327 e. The van der Waals surface area contributed by atoms with Gasteiger partial charge in [0, 0.05) is 6.04 Å². The molecule has 0 bridgehead atoms. The lowest BCUT2D eigenvalue weighted by atomic mass is 10.1. The first kappa shape index (κ1) is 7.32. The SMILES string of the molecule is N[C@@H]1C[C@H]1CCc1ccsc1. The number of rotatable bonds is 3. The average molecular weight is 167 g/mol. The highest BCUT2D eigenvalue weighted by atomic mass is 32.1.